The van der Waals surface area contributed by atoms with Crippen molar-refractivity contribution in [3.63, 3.8) is 0 Å². The number of unbranched alkanes of at least 4 members (excludes halogenated alkanes) is 1. The Bertz CT molecular complexity index is 939. The molecule has 1 heterocycles. The maximum atomic E-state index is 12.5. The molecule has 0 saturated carbocycles. The minimum atomic E-state index is -0.274. The highest BCUT2D eigenvalue weighted by Crippen LogP contribution is 2.20. The fraction of sp³-hybridized carbons (Fsp3) is 0.400. The largest absolute Gasteiger partial charge is 0.494 e. The second kappa shape index (κ2) is 12.2. The van der Waals surface area contributed by atoms with Crippen LogP contribution in [0.2, 0.25) is 0 Å². The summed E-state index contributed by atoms with van der Waals surface area (Å²) in [6.45, 7) is 7.80. The molecule has 0 spiro atoms. The summed E-state index contributed by atoms with van der Waals surface area (Å²) in [7, 11) is 0. The van der Waals surface area contributed by atoms with Gasteiger partial charge in [-0.3, -0.25) is 14.9 Å². The van der Waals surface area contributed by atoms with Crippen molar-refractivity contribution in [3.8, 4) is 5.75 Å². The summed E-state index contributed by atoms with van der Waals surface area (Å²) in [5.41, 5.74) is 2.40. The molecule has 0 unspecified atom stereocenters. The summed E-state index contributed by atoms with van der Waals surface area (Å²) < 4.78 is 5.62. The van der Waals surface area contributed by atoms with Gasteiger partial charge in [0, 0.05) is 49.5 Å². The molecule has 1 aliphatic rings. The first-order chi connectivity index (χ1) is 16.0. The third-order valence-corrected chi connectivity index (χ3v) is 5.74. The van der Waals surface area contributed by atoms with E-state index in [0.717, 1.165) is 56.1 Å². The van der Waals surface area contributed by atoms with Crippen molar-refractivity contribution in [1.29, 1.82) is 0 Å². The lowest BCUT2D eigenvalue weighted by molar-refractivity contribution is -0.131. The van der Waals surface area contributed by atoms with E-state index in [2.05, 4.69) is 22.5 Å². The zero-order valence-electron chi connectivity index (χ0n) is 19.3. The summed E-state index contributed by atoms with van der Waals surface area (Å²) in [5, 5.41) is 6.00. The summed E-state index contributed by atoms with van der Waals surface area (Å²) >= 11 is 5.30. The number of hydrogen-bond donors (Lipinski definition) is 2. The van der Waals surface area contributed by atoms with Gasteiger partial charge in [-0.15, -0.1) is 0 Å². The Hall–Kier alpha value is -3.13. The highest BCUT2D eigenvalue weighted by molar-refractivity contribution is 7.80. The minimum absolute atomic E-state index is 0.209. The number of piperazine rings is 1. The van der Waals surface area contributed by atoms with Gasteiger partial charge < -0.3 is 19.9 Å². The molecule has 2 aromatic rings. The Kier molecular flexibility index (Phi) is 9.06. The van der Waals surface area contributed by atoms with Crippen molar-refractivity contribution < 1.29 is 14.3 Å². The summed E-state index contributed by atoms with van der Waals surface area (Å²) in [6.07, 6.45) is 2.63. The zero-order valence-corrected chi connectivity index (χ0v) is 20.1. The summed E-state index contributed by atoms with van der Waals surface area (Å²) in [6, 6.07) is 14.9. The molecule has 176 valence electrons. The number of hydrogen-bond acceptors (Lipinski definition) is 5. The third-order valence-electron chi connectivity index (χ3n) is 5.54. The Morgan fingerprint density at radius 3 is 2.24 bits per heavy atom. The molecule has 0 radical (unpaired) electrons. The molecule has 0 aliphatic carbocycles. The van der Waals surface area contributed by atoms with E-state index in [4.69, 9.17) is 17.0 Å². The lowest BCUT2D eigenvalue weighted by Crippen LogP contribution is -2.48. The first-order valence-electron chi connectivity index (χ1n) is 11.5. The van der Waals surface area contributed by atoms with Crippen LogP contribution in [0, 0.1) is 0 Å². The quantitative estimate of drug-likeness (QED) is 0.450. The van der Waals surface area contributed by atoms with E-state index in [0.29, 0.717) is 18.6 Å². The van der Waals surface area contributed by atoms with Gasteiger partial charge in [-0.2, -0.15) is 0 Å². The van der Waals surface area contributed by atoms with Crippen LogP contribution in [0.5, 0.6) is 5.75 Å². The van der Waals surface area contributed by atoms with Gasteiger partial charge in [0.15, 0.2) is 5.11 Å². The van der Waals surface area contributed by atoms with Crippen molar-refractivity contribution in [2.45, 2.75) is 33.1 Å². The molecule has 3 rings (SSSR count). The Morgan fingerprint density at radius 2 is 1.64 bits per heavy atom. The van der Waals surface area contributed by atoms with E-state index in [-0.39, 0.29) is 16.9 Å². The first-order valence-corrected chi connectivity index (χ1v) is 11.9. The number of carbonyl (C=O) groups is 2. The maximum absolute atomic E-state index is 12.5. The molecule has 0 atom stereocenters. The fourth-order valence-corrected chi connectivity index (χ4v) is 3.78. The van der Waals surface area contributed by atoms with Crippen LogP contribution in [-0.2, 0) is 4.79 Å². The van der Waals surface area contributed by atoms with Gasteiger partial charge in [0.05, 0.1) is 6.61 Å². The number of nitrogens with zero attached hydrogens (tertiary/aromatic N) is 2. The minimum Gasteiger partial charge on any atom is -0.494 e. The van der Waals surface area contributed by atoms with E-state index in [9.17, 15) is 9.59 Å². The molecule has 33 heavy (non-hydrogen) atoms. The standard InChI is InChI=1S/C25H32N4O3S/c1-3-5-18-32-22-12-6-19(7-13-22)24(31)27-25(33)26-20-8-10-21(11-9-20)28-14-16-29(17-15-28)23(30)4-2/h6-13H,3-5,14-18H2,1-2H3,(H2,26,27,31,33). The number of carbonyl (C=O) groups excluding carboxylic acids is 2. The van der Waals surface area contributed by atoms with Crippen molar-refractivity contribution >= 4 is 40.5 Å². The SMILES string of the molecule is CCCCOc1ccc(C(=O)NC(=S)Nc2ccc(N3CCN(C(=O)CC)CC3)cc2)cc1. The molecule has 8 heteroatoms. The van der Waals surface area contributed by atoms with Crippen LogP contribution in [0.3, 0.4) is 0 Å². The molecule has 0 aromatic heterocycles. The molecule has 1 fully saturated rings. The predicted molar refractivity (Wildman–Crippen MR) is 136 cm³/mol. The van der Waals surface area contributed by atoms with Crippen LogP contribution in [0.15, 0.2) is 48.5 Å². The number of rotatable bonds is 8. The number of amides is 2. The lowest BCUT2D eigenvalue weighted by Gasteiger charge is -2.36. The molecular weight excluding hydrogens is 436 g/mol. The van der Waals surface area contributed by atoms with Gasteiger partial charge in [0.2, 0.25) is 5.91 Å². The van der Waals surface area contributed by atoms with Crippen molar-refractivity contribution in [3.05, 3.63) is 54.1 Å². The monoisotopic (exact) mass is 468 g/mol. The predicted octanol–water partition coefficient (Wildman–Crippen LogP) is 4.05. The van der Waals surface area contributed by atoms with Crippen LogP contribution >= 0.6 is 12.2 Å². The molecule has 1 aliphatic heterocycles. The molecule has 2 amide bonds. The number of nitrogens with one attached hydrogen (secondary N) is 2. The highest BCUT2D eigenvalue weighted by atomic mass is 32.1. The van der Waals surface area contributed by atoms with Gasteiger partial charge in [-0.1, -0.05) is 20.3 Å². The van der Waals surface area contributed by atoms with Crippen LogP contribution in [-0.4, -0.2) is 54.6 Å². The smallest absolute Gasteiger partial charge is 0.257 e. The third kappa shape index (κ3) is 7.18. The van der Waals surface area contributed by atoms with Crippen LogP contribution in [0.1, 0.15) is 43.5 Å². The van der Waals surface area contributed by atoms with E-state index < -0.39 is 0 Å². The van der Waals surface area contributed by atoms with Gasteiger partial charge in [0.25, 0.3) is 5.91 Å². The van der Waals surface area contributed by atoms with Gasteiger partial charge in [-0.25, -0.2) is 0 Å². The molecule has 2 N–H and O–H groups in total. The lowest BCUT2D eigenvalue weighted by atomic mass is 10.2. The normalized spacial score (nSPS) is 13.4. The average Bonchev–Trinajstić information content (AvgIpc) is 2.84. The van der Waals surface area contributed by atoms with Crippen molar-refractivity contribution in [1.82, 2.24) is 10.2 Å². The summed E-state index contributed by atoms with van der Waals surface area (Å²) in [5.74, 6) is 0.684. The van der Waals surface area contributed by atoms with Crippen LogP contribution < -0.4 is 20.3 Å². The summed E-state index contributed by atoms with van der Waals surface area (Å²) in [4.78, 5) is 28.5. The molecule has 2 aromatic carbocycles. The second-order valence-corrected chi connectivity index (χ2v) is 8.31. The first kappa shape index (κ1) is 24.5. The maximum Gasteiger partial charge on any atom is 0.257 e. The Balaban J connectivity index is 1.46. The van der Waals surface area contributed by atoms with Gasteiger partial charge in [0.1, 0.15) is 5.75 Å². The van der Waals surface area contributed by atoms with Crippen LogP contribution in [0.4, 0.5) is 11.4 Å². The van der Waals surface area contributed by atoms with E-state index in [1.165, 1.54) is 0 Å². The number of thiocarbonyl (C=S) groups is 1. The van der Waals surface area contributed by atoms with Crippen molar-refractivity contribution in [2.75, 3.05) is 43.0 Å². The van der Waals surface area contributed by atoms with Gasteiger partial charge in [-0.05, 0) is 67.2 Å². The van der Waals surface area contributed by atoms with Crippen molar-refractivity contribution in [2.24, 2.45) is 0 Å². The Morgan fingerprint density at radius 1 is 0.970 bits per heavy atom. The molecule has 7 nitrogen and oxygen atoms in total. The molecule has 0 bridgehead atoms. The average molecular weight is 469 g/mol. The molecular formula is C25H32N4O3S. The number of ether oxygens (including phenoxy) is 1. The van der Waals surface area contributed by atoms with Crippen LogP contribution in [0.25, 0.3) is 0 Å². The van der Waals surface area contributed by atoms with E-state index in [1.807, 2.05) is 36.1 Å². The van der Waals surface area contributed by atoms with E-state index >= 15 is 0 Å². The fourth-order valence-electron chi connectivity index (χ4n) is 3.57. The highest BCUT2D eigenvalue weighted by Gasteiger charge is 2.20. The van der Waals surface area contributed by atoms with Gasteiger partial charge >= 0.3 is 0 Å². The zero-order chi connectivity index (χ0) is 23.6. The Labute approximate surface area is 201 Å². The molecule has 1 saturated heterocycles. The topological polar surface area (TPSA) is 73.9 Å². The number of benzene rings is 2. The second-order valence-electron chi connectivity index (χ2n) is 7.90. The number of anilines is 2. The van der Waals surface area contributed by atoms with E-state index in [1.54, 1.807) is 24.3 Å².